The average Bonchev–Trinajstić information content (AvgIpc) is 2.96. The van der Waals surface area contributed by atoms with Crippen molar-refractivity contribution in [2.24, 2.45) is 0 Å². The average molecular weight is 345 g/mol. The second kappa shape index (κ2) is 6.42. The molecule has 24 heavy (non-hydrogen) atoms. The minimum Gasteiger partial charge on any atom is -0.357 e. The van der Waals surface area contributed by atoms with Gasteiger partial charge in [0.1, 0.15) is 0 Å². The van der Waals surface area contributed by atoms with Crippen molar-refractivity contribution in [1.29, 1.82) is 0 Å². The smallest absolute Gasteiger partial charge is 0.269 e. The van der Waals surface area contributed by atoms with Crippen molar-refractivity contribution >= 4 is 26.6 Å². The number of nitrogens with zero attached hydrogens (tertiary/aromatic N) is 1. The van der Waals surface area contributed by atoms with Crippen LogP contribution in [0.4, 0.5) is 5.69 Å². The molecule has 0 aliphatic heterocycles. The number of hydrogen-bond donors (Lipinski definition) is 2. The first kappa shape index (κ1) is 16.2. The van der Waals surface area contributed by atoms with Crippen molar-refractivity contribution < 1.29 is 13.3 Å². The number of non-ortho nitro benzene ring substituents is 1. The number of H-pyrrole nitrogens is 1. The van der Waals surface area contributed by atoms with Crippen LogP contribution in [0.2, 0.25) is 0 Å². The van der Waals surface area contributed by atoms with Crippen LogP contribution in [0.5, 0.6) is 0 Å². The Morgan fingerprint density at radius 3 is 2.46 bits per heavy atom. The normalized spacial score (nSPS) is 11.7. The minimum absolute atomic E-state index is 0.0674. The van der Waals surface area contributed by atoms with Gasteiger partial charge in [0.05, 0.1) is 17.2 Å². The number of nitro benzene ring substituents is 1. The summed E-state index contributed by atoms with van der Waals surface area (Å²) < 4.78 is 26.8. The van der Waals surface area contributed by atoms with E-state index in [9.17, 15) is 18.5 Å². The number of aromatic amines is 1. The van der Waals surface area contributed by atoms with Crippen molar-refractivity contribution in [2.75, 3.05) is 0 Å². The highest BCUT2D eigenvalue weighted by molar-refractivity contribution is 7.88. The van der Waals surface area contributed by atoms with E-state index in [4.69, 9.17) is 0 Å². The summed E-state index contributed by atoms with van der Waals surface area (Å²) in [5.41, 5.74) is 2.14. The van der Waals surface area contributed by atoms with E-state index in [1.54, 1.807) is 0 Å². The van der Waals surface area contributed by atoms with Gasteiger partial charge in [-0.15, -0.1) is 0 Å². The summed E-state index contributed by atoms with van der Waals surface area (Å²) in [6, 6.07) is 15.1. The molecular weight excluding hydrogens is 330 g/mol. The molecule has 0 spiro atoms. The second-order valence-electron chi connectivity index (χ2n) is 5.39. The molecule has 2 aromatic carbocycles. The number of nitrogens with one attached hydrogen (secondary N) is 2. The van der Waals surface area contributed by atoms with E-state index in [0.29, 0.717) is 5.56 Å². The maximum atomic E-state index is 12.1. The van der Waals surface area contributed by atoms with Gasteiger partial charge in [-0.3, -0.25) is 10.1 Å². The number of benzene rings is 2. The van der Waals surface area contributed by atoms with Crippen molar-refractivity contribution in [3.63, 3.8) is 0 Å². The molecule has 0 saturated heterocycles. The lowest BCUT2D eigenvalue weighted by Gasteiger charge is -2.06. The maximum absolute atomic E-state index is 12.1. The molecule has 0 atom stereocenters. The van der Waals surface area contributed by atoms with Gasteiger partial charge in [0.15, 0.2) is 0 Å². The quantitative estimate of drug-likeness (QED) is 0.529. The molecule has 1 heterocycles. The molecule has 0 aliphatic rings. The maximum Gasteiger partial charge on any atom is 0.269 e. The fraction of sp³-hybridized carbons (Fsp3) is 0.125. The van der Waals surface area contributed by atoms with E-state index < -0.39 is 14.9 Å². The number of aromatic nitrogens is 1. The van der Waals surface area contributed by atoms with Crippen LogP contribution in [-0.2, 0) is 22.3 Å². The molecule has 8 heteroatoms. The van der Waals surface area contributed by atoms with Gasteiger partial charge in [-0.05, 0) is 23.1 Å². The lowest BCUT2D eigenvalue weighted by Crippen LogP contribution is -2.24. The fourth-order valence-corrected chi connectivity index (χ4v) is 3.51. The van der Waals surface area contributed by atoms with E-state index in [0.717, 1.165) is 16.6 Å². The van der Waals surface area contributed by atoms with Crippen LogP contribution in [0.3, 0.4) is 0 Å². The molecule has 3 rings (SSSR count). The minimum atomic E-state index is -3.54. The van der Waals surface area contributed by atoms with Crippen LogP contribution in [-0.4, -0.2) is 18.3 Å². The van der Waals surface area contributed by atoms with E-state index in [-0.39, 0.29) is 18.0 Å². The topological polar surface area (TPSA) is 105 Å². The number of sulfonamides is 1. The lowest BCUT2D eigenvalue weighted by molar-refractivity contribution is -0.384. The Morgan fingerprint density at radius 1 is 1.08 bits per heavy atom. The Kier molecular flexibility index (Phi) is 4.32. The largest absolute Gasteiger partial charge is 0.357 e. The highest BCUT2D eigenvalue weighted by atomic mass is 32.2. The van der Waals surface area contributed by atoms with Crippen LogP contribution >= 0.6 is 0 Å². The van der Waals surface area contributed by atoms with E-state index >= 15 is 0 Å². The van der Waals surface area contributed by atoms with Crippen LogP contribution in [0.1, 0.15) is 11.3 Å². The molecule has 0 bridgehead atoms. The Balaban J connectivity index is 1.66. The standard InChI is InChI=1S/C16H15N3O4S/c20-19(21)15-7-5-12(6-8-15)11-24(22,23)17-10-14-9-13-3-1-2-4-16(13)18-14/h1-9,17-18H,10-11H2. The van der Waals surface area contributed by atoms with Gasteiger partial charge in [0, 0.05) is 23.3 Å². The van der Waals surface area contributed by atoms with Gasteiger partial charge < -0.3 is 4.98 Å². The first-order valence-corrected chi connectivity index (χ1v) is 8.85. The molecule has 1 aromatic heterocycles. The Bertz CT molecular complexity index is 945. The van der Waals surface area contributed by atoms with E-state index in [1.807, 2.05) is 30.3 Å². The van der Waals surface area contributed by atoms with Gasteiger partial charge in [-0.25, -0.2) is 13.1 Å². The highest BCUT2D eigenvalue weighted by Crippen LogP contribution is 2.16. The molecule has 0 radical (unpaired) electrons. The summed E-state index contributed by atoms with van der Waals surface area (Å²) in [5.74, 6) is -0.231. The number of hydrogen-bond acceptors (Lipinski definition) is 4. The SMILES string of the molecule is O=[N+]([O-])c1ccc(CS(=O)(=O)NCc2cc3ccccc3[nH]2)cc1. The molecule has 0 amide bonds. The van der Waals surface area contributed by atoms with Crippen LogP contribution in [0.15, 0.2) is 54.6 Å². The van der Waals surface area contributed by atoms with E-state index in [1.165, 1.54) is 24.3 Å². The van der Waals surface area contributed by atoms with Crippen LogP contribution < -0.4 is 4.72 Å². The van der Waals surface area contributed by atoms with Gasteiger partial charge in [0.25, 0.3) is 5.69 Å². The number of rotatable bonds is 6. The van der Waals surface area contributed by atoms with E-state index in [2.05, 4.69) is 9.71 Å². The number of para-hydroxylation sites is 1. The van der Waals surface area contributed by atoms with Crippen molar-refractivity contribution in [3.8, 4) is 0 Å². The number of nitro groups is 1. The molecule has 0 saturated carbocycles. The van der Waals surface area contributed by atoms with Crippen molar-refractivity contribution in [3.05, 3.63) is 76.0 Å². The van der Waals surface area contributed by atoms with Crippen LogP contribution in [0.25, 0.3) is 10.9 Å². The van der Waals surface area contributed by atoms with Gasteiger partial charge >= 0.3 is 0 Å². The summed E-state index contributed by atoms with van der Waals surface area (Å²) >= 11 is 0. The zero-order chi connectivity index (χ0) is 17.2. The summed E-state index contributed by atoms with van der Waals surface area (Å²) in [7, 11) is -3.54. The van der Waals surface area contributed by atoms with Gasteiger partial charge in [-0.2, -0.15) is 0 Å². The molecule has 2 N–H and O–H groups in total. The predicted octanol–water partition coefficient (Wildman–Crippen LogP) is 2.70. The molecule has 0 unspecified atom stereocenters. The zero-order valence-corrected chi connectivity index (χ0v) is 13.4. The monoisotopic (exact) mass is 345 g/mol. The first-order valence-electron chi connectivity index (χ1n) is 7.20. The molecule has 7 nitrogen and oxygen atoms in total. The molecule has 0 aliphatic carbocycles. The Hall–Kier alpha value is -2.71. The van der Waals surface area contributed by atoms with Gasteiger partial charge in [0.2, 0.25) is 10.0 Å². The molecular formula is C16H15N3O4S. The molecule has 124 valence electrons. The lowest BCUT2D eigenvalue weighted by atomic mass is 10.2. The van der Waals surface area contributed by atoms with Crippen molar-refractivity contribution in [1.82, 2.24) is 9.71 Å². The highest BCUT2D eigenvalue weighted by Gasteiger charge is 2.13. The Morgan fingerprint density at radius 2 is 1.79 bits per heavy atom. The summed E-state index contributed by atoms with van der Waals surface area (Å²) in [5, 5.41) is 11.6. The Labute approximate surface area is 138 Å². The second-order valence-corrected chi connectivity index (χ2v) is 7.19. The zero-order valence-electron chi connectivity index (χ0n) is 12.6. The van der Waals surface area contributed by atoms with Crippen LogP contribution in [0, 0.1) is 10.1 Å². The summed E-state index contributed by atoms with van der Waals surface area (Å²) in [6.45, 7) is 0.157. The third-order valence-corrected chi connectivity index (χ3v) is 4.87. The summed E-state index contributed by atoms with van der Waals surface area (Å²) in [4.78, 5) is 13.2. The molecule has 0 fully saturated rings. The predicted molar refractivity (Wildman–Crippen MR) is 90.9 cm³/mol. The summed E-state index contributed by atoms with van der Waals surface area (Å²) in [6.07, 6.45) is 0. The fourth-order valence-electron chi connectivity index (χ4n) is 2.40. The van der Waals surface area contributed by atoms with Crippen molar-refractivity contribution in [2.45, 2.75) is 12.3 Å². The first-order chi connectivity index (χ1) is 11.4. The third kappa shape index (κ3) is 3.79. The third-order valence-electron chi connectivity index (χ3n) is 3.57. The van der Waals surface area contributed by atoms with Gasteiger partial charge in [-0.1, -0.05) is 30.3 Å². The molecule has 3 aromatic rings. The number of fused-ring (bicyclic) bond motifs is 1.